The van der Waals surface area contributed by atoms with E-state index in [9.17, 15) is 0 Å². The summed E-state index contributed by atoms with van der Waals surface area (Å²) in [5.41, 5.74) is 27.2. The van der Waals surface area contributed by atoms with Gasteiger partial charge in [-0.15, -0.1) is 0 Å². The van der Waals surface area contributed by atoms with Crippen molar-refractivity contribution in [2.24, 2.45) is 0 Å². The molecule has 110 heavy (non-hydrogen) atoms. The van der Waals surface area contributed by atoms with Gasteiger partial charge in [0.1, 0.15) is 0 Å². The van der Waals surface area contributed by atoms with Crippen molar-refractivity contribution in [2.45, 2.75) is 0 Å². The van der Waals surface area contributed by atoms with Gasteiger partial charge in [0, 0.05) is 77.1 Å². The third-order valence-electron chi connectivity index (χ3n) is 22.1. The van der Waals surface area contributed by atoms with E-state index in [2.05, 4.69) is 288 Å². The maximum Gasteiger partial charge on any atom is 0.164 e. The summed E-state index contributed by atoms with van der Waals surface area (Å²) in [5.74, 6) is 3.83. The van der Waals surface area contributed by atoms with Crippen LogP contribution in [0, 0.1) is 0 Å². The maximum absolute atomic E-state index is 5.19. The number of nitrogens with zero attached hydrogens (tertiary/aromatic N) is 8. The molecule has 23 rings (SSSR count). The average molecular weight is 1400 g/mol. The Kier molecular flexibility index (Phi) is 14.5. The molecule has 4 heterocycles. The summed E-state index contributed by atoms with van der Waals surface area (Å²) in [6.07, 6.45) is 0. The highest BCUT2D eigenvalue weighted by Gasteiger charge is 2.31. The maximum atomic E-state index is 5.19. The topological polar surface area (TPSA) is 87.2 Å². The second-order valence-electron chi connectivity index (χ2n) is 28.3. The van der Waals surface area contributed by atoms with Crippen molar-refractivity contribution < 1.29 is 0 Å². The van der Waals surface area contributed by atoms with Gasteiger partial charge in [0.2, 0.25) is 0 Å². The second kappa shape index (κ2) is 25.4. The summed E-state index contributed by atoms with van der Waals surface area (Å²) in [7, 11) is 0. The quantitative estimate of drug-likeness (QED) is 0.136. The van der Waals surface area contributed by atoms with Crippen LogP contribution in [0.2, 0.25) is 0 Å². The van der Waals surface area contributed by atoms with Crippen molar-refractivity contribution in [3.8, 4) is 146 Å². The summed E-state index contributed by atoms with van der Waals surface area (Å²) >= 11 is 0. The molecular weight excluding hydrogens is 1340 g/mol. The zero-order valence-electron chi connectivity index (χ0n) is 59.4. The van der Waals surface area contributed by atoms with Gasteiger partial charge in [-0.2, -0.15) is 0 Å². The Morgan fingerprint density at radius 3 is 0.918 bits per heavy atom. The van der Waals surface area contributed by atoms with Crippen molar-refractivity contribution in [3.05, 3.63) is 376 Å². The first-order valence-corrected chi connectivity index (χ1v) is 37.3. The van der Waals surface area contributed by atoms with Gasteiger partial charge in [0.05, 0.1) is 27.8 Å². The van der Waals surface area contributed by atoms with E-state index in [1.54, 1.807) is 0 Å². The molecule has 4 aromatic heterocycles. The Labute approximate surface area is 633 Å². The van der Waals surface area contributed by atoms with Crippen LogP contribution in [-0.4, -0.2) is 39.0 Å². The first-order chi connectivity index (χ1) is 54.6. The van der Waals surface area contributed by atoms with E-state index in [0.29, 0.717) is 34.9 Å². The first kappa shape index (κ1) is 62.5. The van der Waals surface area contributed by atoms with Crippen LogP contribution in [0.4, 0.5) is 0 Å². The molecule has 8 heteroatoms. The summed E-state index contributed by atoms with van der Waals surface area (Å²) in [6, 6.07) is 134. The minimum absolute atomic E-state index is 0.627. The van der Waals surface area contributed by atoms with Crippen LogP contribution >= 0.6 is 0 Å². The number of hydrogen-bond acceptors (Lipinski definition) is 6. The largest absolute Gasteiger partial charge is 0.309 e. The number of hydrogen-bond donors (Lipinski definition) is 0. The van der Waals surface area contributed by atoms with E-state index in [0.717, 1.165) is 66.6 Å². The van der Waals surface area contributed by atoms with Crippen LogP contribution in [0.3, 0.4) is 0 Å². The van der Waals surface area contributed by atoms with Crippen LogP contribution in [0.25, 0.3) is 222 Å². The molecule has 0 N–H and O–H groups in total. The molecule has 0 unspecified atom stereocenters. The van der Waals surface area contributed by atoms with Gasteiger partial charge in [0.15, 0.2) is 34.9 Å². The molecule has 0 bridgehead atoms. The third-order valence-corrected chi connectivity index (χ3v) is 22.1. The van der Waals surface area contributed by atoms with Crippen LogP contribution in [0.15, 0.2) is 376 Å². The molecule has 8 nitrogen and oxygen atoms in total. The molecule has 0 aliphatic heterocycles. The Morgan fingerprint density at radius 1 is 0.173 bits per heavy atom. The molecule has 0 spiro atoms. The Hall–Kier alpha value is -14.9. The van der Waals surface area contributed by atoms with Crippen LogP contribution in [-0.2, 0) is 0 Å². The standard InChI is InChI=1S/C53H32N4.C49H30N4/c1-4-16-33(17-5-1)44-31-37-23-14-27-42-40-25-12-13-26-41(40)43-28-15-29-45-48(43)49(47(37)42)50(44)57(45)46-32-38(30-36-22-10-11-24-39(36)46)53-55-51(34-18-6-2-7-19-34)54-52(56-53)35-20-8-3-9-21-35;1-4-15-31(16-5-1)41-30-34-21-13-26-39-37-24-10-11-25-38(37)40-27-14-28-42-44(40)45(43(34)39)46(41)53(42)36-23-12-22-35(29-36)49-51-47(32-17-6-2-7-18-32)50-48(52-49)33-19-8-3-9-20-33/h1-32H;1-30H. The molecule has 510 valence electrons. The lowest BCUT2D eigenvalue weighted by atomic mass is 9.91. The Bertz CT molecular complexity index is 7180. The van der Waals surface area contributed by atoms with E-state index < -0.39 is 0 Å². The normalized spacial score (nSPS) is 11.8. The predicted molar refractivity (Wildman–Crippen MR) is 453 cm³/mol. The van der Waals surface area contributed by atoms with Crippen molar-refractivity contribution in [2.75, 3.05) is 0 Å². The lowest BCUT2D eigenvalue weighted by Crippen LogP contribution is -2.02. The molecule has 17 aromatic carbocycles. The smallest absolute Gasteiger partial charge is 0.164 e. The Balaban J connectivity index is 0.000000136. The summed E-state index contributed by atoms with van der Waals surface area (Å²) in [6.45, 7) is 0. The summed E-state index contributed by atoms with van der Waals surface area (Å²) in [4.78, 5) is 30.5. The van der Waals surface area contributed by atoms with E-state index in [1.165, 1.54) is 121 Å². The van der Waals surface area contributed by atoms with Crippen LogP contribution < -0.4 is 0 Å². The fraction of sp³-hybridized carbons (Fsp3) is 0. The van der Waals surface area contributed by atoms with Crippen LogP contribution in [0.1, 0.15) is 0 Å². The number of fused-ring (bicyclic) bond motifs is 7. The molecule has 2 aliphatic rings. The minimum Gasteiger partial charge on any atom is -0.309 e. The minimum atomic E-state index is 0.627. The number of rotatable bonds is 10. The van der Waals surface area contributed by atoms with Gasteiger partial charge >= 0.3 is 0 Å². The molecule has 2 aliphatic carbocycles. The molecule has 0 atom stereocenters. The highest BCUT2D eigenvalue weighted by Crippen LogP contribution is 2.55. The van der Waals surface area contributed by atoms with Gasteiger partial charge < -0.3 is 9.13 Å². The fourth-order valence-electron chi connectivity index (χ4n) is 17.3. The molecule has 0 saturated heterocycles. The molecule has 0 radical (unpaired) electrons. The van der Waals surface area contributed by atoms with Gasteiger partial charge in [-0.05, 0) is 131 Å². The SMILES string of the molecule is c1ccc(-c2nc(-c3ccccc3)nc(-c3cc(-n4c5cccc6c5c5c7c(cccc7cc(-c7ccccc7)c54)-c4ccccc4-6)c4ccccc4c3)n2)cc1.c1ccc(-c2nc(-c3ccccc3)nc(-c3cccc(-n4c5cccc6c5c5c7c(cccc7cc(-c7ccccc7)c54)-c4ccccc4-6)c3)n2)cc1. The Morgan fingerprint density at radius 2 is 0.482 bits per heavy atom. The van der Waals surface area contributed by atoms with Crippen molar-refractivity contribution in [1.82, 2.24) is 39.0 Å². The van der Waals surface area contributed by atoms with E-state index in [1.807, 2.05) is 97.1 Å². The summed E-state index contributed by atoms with van der Waals surface area (Å²) in [5, 5.41) is 12.4. The van der Waals surface area contributed by atoms with Crippen LogP contribution in [0.5, 0.6) is 0 Å². The molecule has 0 fully saturated rings. The van der Waals surface area contributed by atoms with Gasteiger partial charge in [-0.3, -0.25) is 0 Å². The third kappa shape index (κ3) is 10.1. The molecule has 21 aromatic rings. The lowest BCUT2D eigenvalue weighted by Gasteiger charge is -2.18. The van der Waals surface area contributed by atoms with E-state index in [-0.39, 0.29) is 0 Å². The van der Waals surface area contributed by atoms with Gasteiger partial charge in [0.25, 0.3) is 0 Å². The first-order valence-electron chi connectivity index (χ1n) is 37.3. The van der Waals surface area contributed by atoms with Crippen molar-refractivity contribution in [1.29, 1.82) is 0 Å². The zero-order chi connectivity index (χ0) is 72.3. The average Bonchev–Trinajstić information content (AvgIpc) is 1.53. The molecule has 0 amide bonds. The van der Waals surface area contributed by atoms with Gasteiger partial charge in [-0.25, -0.2) is 29.9 Å². The number of aromatic nitrogens is 8. The lowest BCUT2D eigenvalue weighted by molar-refractivity contribution is 1.07. The van der Waals surface area contributed by atoms with E-state index in [4.69, 9.17) is 29.9 Å². The van der Waals surface area contributed by atoms with Gasteiger partial charge in [-0.1, -0.05) is 328 Å². The predicted octanol–water partition coefficient (Wildman–Crippen LogP) is 26.0. The number of benzene rings is 17. The fourth-order valence-corrected chi connectivity index (χ4v) is 17.3. The zero-order valence-corrected chi connectivity index (χ0v) is 59.4. The van der Waals surface area contributed by atoms with E-state index >= 15 is 0 Å². The van der Waals surface area contributed by atoms with Crippen molar-refractivity contribution >= 4 is 75.9 Å². The monoisotopic (exact) mass is 1400 g/mol. The summed E-state index contributed by atoms with van der Waals surface area (Å²) < 4.78 is 4.98. The molecule has 0 saturated carbocycles. The second-order valence-corrected chi connectivity index (χ2v) is 28.3. The highest BCUT2D eigenvalue weighted by atomic mass is 15.1. The highest BCUT2D eigenvalue weighted by molar-refractivity contribution is 6.35. The van der Waals surface area contributed by atoms with Crippen molar-refractivity contribution in [3.63, 3.8) is 0 Å². The molecular formula is C102H62N8.